The Morgan fingerprint density at radius 2 is 2.11 bits per heavy atom. The third-order valence-corrected chi connectivity index (χ3v) is 4.94. The Morgan fingerprint density at radius 3 is 2.74 bits per heavy atom. The van der Waals surface area contributed by atoms with Crippen molar-refractivity contribution in [1.82, 2.24) is 0 Å². The number of benzene rings is 1. The zero-order chi connectivity index (χ0) is 13.2. The largest absolute Gasteiger partial charge is 0.377 e. The third-order valence-electron chi connectivity index (χ3n) is 3.98. The highest BCUT2D eigenvalue weighted by atomic mass is 32.1. The number of anilines is 1. The van der Waals surface area contributed by atoms with Gasteiger partial charge in [0, 0.05) is 10.6 Å². The van der Waals surface area contributed by atoms with Crippen molar-refractivity contribution in [2.75, 3.05) is 5.32 Å². The number of hydrogen-bond donors (Lipinski definition) is 1. The molecule has 1 unspecified atom stereocenters. The van der Waals surface area contributed by atoms with Crippen molar-refractivity contribution in [3.8, 4) is 0 Å². The summed E-state index contributed by atoms with van der Waals surface area (Å²) < 4.78 is 0. The van der Waals surface area contributed by atoms with Gasteiger partial charge in [-0.2, -0.15) is 0 Å². The molecule has 100 valence electrons. The summed E-state index contributed by atoms with van der Waals surface area (Å²) in [4.78, 5) is 1.48. The van der Waals surface area contributed by atoms with Gasteiger partial charge in [-0.05, 0) is 54.7 Å². The van der Waals surface area contributed by atoms with Crippen LogP contribution in [0.4, 0.5) is 5.69 Å². The molecule has 0 radical (unpaired) electrons. The first-order valence-electron chi connectivity index (χ1n) is 7.18. The van der Waals surface area contributed by atoms with Crippen LogP contribution in [0.25, 0.3) is 0 Å². The zero-order valence-corrected chi connectivity index (χ0v) is 12.5. The minimum Gasteiger partial charge on any atom is -0.377 e. The van der Waals surface area contributed by atoms with E-state index in [2.05, 4.69) is 54.9 Å². The molecule has 3 rings (SSSR count). The fourth-order valence-corrected chi connectivity index (χ4v) is 3.57. The van der Waals surface area contributed by atoms with Gasteiger partial charge >= 0.3 is 0 Å². The van der Waals surface area contributed by atoms with Crippen molar-refractivity contribution >= 4 is 17.0 Å². The number of para-hydroxylation sites is 1. The molecule has 1 aliphatic carbocycles. The molecule has 19 heavy (non-hydrogen) atoms. The monoisotopic (exact) mass is 271 g/mol. The van der Waals surface area contributed by atoms with Crippen LogP contribution in [0.3, 0.4) is 0 Å². The first-order valence-corrected chi connectivity index (χ1v) is 8.06. The second-order valence-electron chi connectivity index (χ2n) is 5.44. The van der Waals surface area contributed by atoms with E-state index in [1.165, 1.54) is 34.5 Å². The molecule has 0 amide bonds. The van der Waals surface area contributed by atoms with E-state index in [0.717, 1.165) is 12.3 Å². The summed E-state index contributed by atoms with van der Waals surface area (Å²) in [5, 5.41) is 6.03. The van der Waals surface area contributed by atoms with Crippen LogP contribution in [0.15, 0.2) is 35.7 Å². The number of thiophene rings is 1. The summed E-state index contributed by atoms with van der Waals surface area (Å²) in [6.45, 7) is 4.44. The number of rotatable bonds is 5. The van der Waals surface area contributed by atoms with Crippen molar-refractivity contribution in [1.29, 1.82) is 0 Å². The fraction of sp³-hybridized carbons (Fsp3) is 0.412. The molecule has 0 saturated heterocycles. The van der Waals surface area contributed by atoms with Crippen LogP contribution in [0.1, 0.15) is 41.8 Å². The minimum absolute atomic E-state index is 0.506. The first-order chi connectivity index (χ1) is 9.29. The summed E-state index contributed by atoms with van der Waals surface area (Å²) in [6, 6.07) is 11.6. The summed E-state index contributed by atoms with van der Waals surface area (Å²) >= 11 is 1.88. The van der Waals surface area contributed by atoms with Gasteiger partial charge in [-0.1, -0.05) is 31.2 Å². The fourth-order valence-electron chi connectivity index (χ4n) is 2.70. The molecule has 0 aliphatic heterocycles. The molecule has 1 atom stereocenters. The van der Waals surface area contributed by atoms with Crippen LogP contribution in [0.5, 0.6) is 0 Å². The van der Waals surface area contributed by atoms with Gasteiger partial charge in [0.05, 0.1) is 6.04 Å². The maximum absolute atomic E-state index is 3.84. The highest BCUT2D eigenvalue weighted by Gasteiger charge is 2.33. The van der Waals surface area contributed by atoms with Gasteiger partial charge in [0.15, 0.2) is 0 Å². The standard InChI is InChI=1S/C17H21NS/c1-3-13-7-4-6-12(2)16(13)18-17(14-9-10-14)15-8-5-11-19-15/h4-8,11,14,17-18H,3,9-10H2,1-2H3. The van der Waals surface area contributed by atoms with Gasteiger partial charge in [-0.3, -0.25) is 0 Å². The van der Waals surface area contributed by atoms with E-state index >= 15 is 0 Å². The van der Waals surface area contributed by atoms with Crippen molar-refractivity contribution < 1.29 is 0 Å². The van der Waals surface area contributed by atoms with Crippen LogP contribution in [-0.4, -0.2) is 0 Å². The van der Waals surface area contributed by atoms with Crippen molar-refractivity contribution in [3.05, 3.63) is 51.7 Å². The SMILES string of the molecule is CCc1cccc(C)c1NC(c1cccs1)C1CC1. The minimum atomic E-state index is 0.506. The second kappa shape index (κ2) is 5.38. The molecule has 1 nitrogen and oxygen atoms in total. The molecule has 2 heteroatoms. The zero-order valence-electron chi connectivity index (χ0n) is 11.6. The normalized spacial score (nSPS) is 16.3. The van der Waals surface area contributed by atoms with E-state index in [-0.39, 0.29) is 0 Å². The summed E-state index contributed by atoms with van der Waals surface area (Å²) in [5.41, 5.74) is 4.15. The predicted molar refractivity (Wildman–Crippen MR) is 84.0 cm³/mol. The Balaban J connectivity index is 1.90. The Morgan fingerprint density at radius 1 is 1.26 bits per heavy atom. The van der Waals surface area contributed by atoms with Crippen LogP contribution in [0.2, 0.25) is 0 Å². The predicted octanol–water partition coefficient (Wildman–Crippen LogP) is 5.18. The van der Waals surface area contributed by atoms with Gasteiger partial charge in [-0.25, -0.2) is 0 Å². The molecule has 1 fully saturated rings. The van der Waals surface area contributed by atoms with E-state index in [9.17, 15) is 0 Å². The topological polar surface area (TPSA) is 12.0 Å². The van der Waals surface area contributed by atoms with E-state index in [4.69, 9.17) is 0 Å². The number of nitrogens with one attached hydrogen (secondary N) is 1. The van der Waals surface area contributed by atoms with Crippen LogP contribution in [-0.2, 0) is 6.42 Å². The van der Waals surface area contributed by atoms with Crippen LogP contribution < -0.4 is 5.32 Å². The second-order valence-corrected chi connectivity index (χ2v) is 6.42. The molecule has 1 heterocycles. The van der Waals surface area contributed by atoms with Gasteiger partial charge in [-0.15, -0.1) is 11.3 Å². The van der Waals surface area contributed by atoms with Gasteiger partial charge in [0.1, 0.15) is 0 Å². The van der Waals surface area contributed by atoms with Crippen LogP contribution >= 0.6 is 11.3 Å². The summed E-state index contributed by atoms with van der Waals surface area (Å²) in [5.74, 6) is 0.822. The third kappa shape index (κ3) is 2.69. The average molecular weight is 271 g/mol. The van der Waals surface area contributed by atoms with Gasteiger partial charge in [0.25, 0.3) is 0 Å². The lowest BCUT2D eigenvalue weighted by Crippen LogP contribution is -2.13. The summed E-state index contributed by atoms with van der Waals surface area (Å²) in [6.07, 6.45) is 3.82. The average Bonchev–Trinajstić information content (AvgIpc) is 3.11. The molecule has 1 N–H and O–H groups in total. The van der Waals surface area contributed by atoms with Gasteiger partial charge in [0.2, 0.25) is 0 Å². The van der Waals surface area contributed by atoms with Crippen molar-refractivity contribution in [2.24, 2.45) is 5.92 Å². The highest BCUT2D eigenvalue weighted by molar-refractivity contribution is 7.10. The lowest BCUT2D eigenvalue weighted by atomic mass is 10.0. The van der Waals surface area contributed by atoms with E-state index in [0.29, 0.717) is 6.04 Å². The first kappa shape index (κ1) is 12.7. The molecule has 0 spiro atoms. The summed E-state index contributed by atoms with van der Waals surface area (Å²) in [7, 11) is 0. The Hall–Kier alpha value is -1.28. The van der Waals surface area contributed by atoms with Crippen molar-refractivity contribution in [3.63, 3.8) is 0 Å². The number of hydrogen-bond acceptors (Lipinski definition) is 2. The molecule has 1 aromatic heterocycles. The smallest absolute Gasteiger partial charge is 0.0634 e. The van der Waals surface area contributed by atoms with Gasteiger partial charge < -0.3 is 5.32 Å². The molecular weight excluding hydrogens is 250 g/mol. The molecule has 1 saturated carbocycles. The van der Waals surface area contributed by atoms with Crippen LogP contribution in [0, 0.1) is 12.8 Å². The highest BCUT2D eigenvalue weighted by Crippen LogP contribution is 2.44. The van der Waals surface area contributed by atoms with E-state index in [1.54, 1.807) is 0 Å². The Kier molecular flexibility index (Phi) is 3.61. The maximum Gasteiger partial charge on any atom is 0.0634 e. The lowest BCUT2D eigenvalue weighted by molar-refractivity contribution is 0.689. The molecule has 2 aromatic rings. The van der Waals surface area contributed by atoms with E-state index in [1.807, 2.05) is 11.3 Å². The molecule has 1 aliphatic rings. The quantitative estimate of drug-likeness (QED) is 0.790. The Bertz CT molecular complexity index is 540. The van der Waals surface area contributed by atoms with Crippen molar-refractivity contribution in [2.45, 2.75) is 39.2 Å². The molecule has 1 aromatic carbocycles. The number of aryl methyl sites for hydroxylation is 2. The van der Waals surface area contributed by atoms with E-state index < -0.39 is 0 Å². The maximum atomic E-state index is 3.84. The molecular formula is C17H21NS. The Labute approximate surface area is 119 Å². The lowest BCUT2D eigenvalue weighted by Gasteiger charge is -2.22. The molecule has 0 bridgehead atoms.